The van der Waals surface area contributed by atoms with Gasteiger partial charge in [0, 0.05) is 25.6 Å². The molecule has 23 heavy (non-hydrogen) atoms. The molecule has 4 nitrogen and oxygen atoms in total. The van der Waals surface area contributed by atoms with Crippen molar-refractivity contribution >= 4 is 5.91 Å². The Hall–Kier alpha value is -1.55. The molecule has 0 aliphatic carbocycles. The van der Waals surface area contributed by atoms with Crippen molar-refractivity contribution in [3.8, 4) is 5.75 Å². The van der Waals surface area contributed by atoms with E-state index in [9.17, 15) is 4.79 Å². The molecule has 2 N–H and O–H groups in total. The summed E-state index contributed by atoms with van der Waals surface area (Å²) in [5.41, 5.74) is 7.31. The first-order valence-electron chi connectivity index (χ1n) is 8.63. The SMILES string of the molecule is CC(C)(C)c1ccc(OCCCC(=O)N2CCC(N)CC2)cc1. The molecule has 1 amide bonds. The van der Waals surface area contributed by atoms with Gasteiger partial charge in [0.1, 0.15) is 5.75 Å². The number of amides is 1. The first-order chi connectivity index (χ1) is 10.9. The lowest BCUT2D eigenvalue weighted by molar-refractivity contribution is -0.132. The zero-order chi connectivity index (χ0) is 16.9. The fourth-order valence-electron chi connectivity index (χ4n) is 2.77. The Kier molecular flexibility index (Phi) is 6.05. The number of rotatable bonds is 5. The zero-order valence-corrected chi connectivity index (χ0v) is 14.7. The number of nitrogens with zero attached hydrogens (tertiary/aromatic N) is 1. The van der Waals surface area contributed by atoms with E-state index in [1.165, 1.54) is 5.56 Å². The van der Waals surface area contributed by atoms with Crippen molar-refractivity contribution < 1.29 is 9.53 Å². The van der Waals surface area contributed by atoms with Crippen molar-refractivity contribution in [3.05, 3.63) is 29.8 Å². The third-order valence-electron chi connectivity index (χ3n) is 4.42. The molecule has 1 aliphatic rings. The van der Waals surface area contributed by atoms with Crippen LogP contribution < -0.4 is 10.5 Å². The number of hydrogen-bond donors (Lipinski definition) is 1. The fourth-order valence-corrected chi connectivity index (χ4v) is 2.77. The van der Waals surface area contributed by atoms with Crippen molar-refractivity contribution in [2.45, 2.75) is 57.9 Å². The summed E-state index contributed by atoms with van der Waals surface area (Å²) in [6.07, 6.45) is 3.14. The van der Waals surface area contributed by atoms with E-state index in [2.05, 4.69) is 32.9 Å². The van der Waals surface area contributed by atoms with Gasteiger partial charge in [-0.05, 0) is 42.4 Å². The van der Waals surface area contributed by atoms with Crippen molar-refractivity contribution in [1.29, 1.82) is 0 Å². The summed E-state index contributed by atoms with van der Waals surface area (Å²) in [4.78, 5) is 14.0. The van der Waals surface area contributed by atoms with Gasteiger partial charge in [0.15, 0.2) is 0 Å². The quantitative estimate of drug-likeness (QED) is 0.849. The molecule has 0 spiro atoms. The lowest BCUT2D eigenvalue weighted by Crippen LogP contribution is -2.42. The summed E-state index contributed by atoms with van der Waals surface area (Å²) in [5, 5.41) is 0. The van der Waals surface area contributed by atoms with Crippen LogP contribution in [0.1, 0.15) is 52.0 Å². The van der Waals surface area contributed by atoms with E-state index in [1.807, 2.05) is 17.0 Å². The van der Waals surface area contributed by atoms with Crippen LogP contribution in [-0.4, -0.2) is 36.5 Å². The van der Waals surface area contributed by atoms with Crippen molar-refractivity contribution in [2.24, 2.45) is 5.73 Å². The average molecular weight is 318 g/mol. The van der Waals surface area contributed by atoms with Gasteiger partial charge in [-0.15, -0.1) is 0 Å². The summed E-state index contributed by atoms with van der Waals surface area (Å²) in [7, 11) is 0. The third-order valence-corrected chi connectivity index (χ3v) is 4.42. The number of carbonyl (C=O) groups excluding carboxylic acids is 1. The van der Waals surface area contributed by atoms with Crippen LogP contribution in [0.2, 0.25) is 0 Å². The molecule has 1 saturated heterocycles. The van der Waals surface area contributed by atoms with Gasteiger partial charge in [-0.2, -0.15) is 0 Å². The minimum atomic E-state index is 0.155. The van der Waals surface area contributed by atoms with Gasteiger partial charge in [-0.3, -0.25) is 4.79 Å². The number of nitrogens with two attached hydrogens (primary N) is 1. The zero-order valence-electron chi connectivity index (χ0n) is 14.7. The summed E-state index contributed by atoms with van der Waals surface area (Å²) < 4.78 is 5.74. The molecule has 0 aromatic heterocycles. The van der Waals surface area contributed by atoms with Crippen LogP contribution in [0, 0.1) is 0 Å². The van der Waals surface area contributed by atoms with E-state index in [1.54, 1.807) is 0 Å². The van der Waals surface area contributed by atoms with Gasteiger partial charge in [0.2, 0.25) is 5.91 Å². The molecular weight excluding hydrogens is 288 g/mol. The van der Waals surface area contributed by atoms with Crippen LogP contribution in [0.4, 0.5) is 0 Å². The summed E-state index contributed by atoms with van der Waals surface area (Å²) in [6.45, 7) is 8.77. The second kappa shape index (κ2) is 7.82. The molecule has 1 aliphatic heterocycles. The van der Waals surface area contributed by atoms with E-state index < -0.39 is 0 Å². The molecule has 1 fully saturated rings. The molecule has 1 aromatic rings. The van der Waals surface area contributed by atoms with Gasteiger partial charge in [0.05, 0.1) is 6.61 Å². The van der Waals surface area contributed by atoms with Crippen LogP contribution in [0.5, 0.6) is 5.75 Å². The predicted octanol–water partition coefficient (Wildman–Crippen LogP) is 3.09. The molecule has 4 heteroatoms. The molecule has 1 aromatic carbocycles. The lowest BCUT2D eigenvalue weighted by atomic mass is 9.87. The number of hydrogen-bond acceptors (Lipinski definition) is 3. The Labute approximate surface area is 140 Å². The van der Waals surface area contributed by atoms with Gasteiger partial charge in [-0.25, -0.2) is 0 Å². The van der Waals surface area contributed by atoms with Crippen molar-refractivity contribution in [2.75, 3.05) is 19.7 Å². The minimum Gasteiger partial charge on any atom is -0.494 e. The standard InChI is InChI=1S/C19H30N2O2/c1-19(2,3)15-6-8-17(9-7-15)23-14-4-5-18(22)21-12-10-16(20)11-13-21/h6-9,16H,4-5,10-14,20H2,1-3H3. The van der Waals surface area contributed by atoms with E-state index in [-0.39, 0.29) is 17.4 Å². The highest BCUT2D eigenvalue weighted by Crippen LogP contribution is 2.24. The number of likely N-dealkylation sites (tertiary alicyclic amines) is 1. The lowest BCUT2D eigenvalue weighted by Gasteiger charge is -2.30. The first-order valence-corrected chi connectivity index (χ1v) is 8.63. The van der Waals surface area contributed by atoms with Gasteiger partial charge >= 0.3 is 0 Å². The smallest absolute Gasteiger partial charge is 0.222 e. The molecule has 0 unspecified atom stereocenters. The Bertz CT molecular complexity index is 497. The number of benzene rings is 1. The van der Waals surface area contributed by atoms with Crippen LogP contribution in [0.15, 0.2) is 24.3 Å². The Morgan fingerprint density at radius 1 is 1.22 bits per heavy atom. The highest BCUT2D eigenvalue weighted by molar-refractivity contribution is 5.76. The normalized spacial score (nSPS) is 16.4. The average Bonchev–Trinajstić information content (AvgIpc) is 2.51. The van der Waals surface area contributed by atoms with Crippen molar-refractivity contribution in [3.63, 3.8) is 0 Å². The Morgan fingerprint density at radius 3 is 2.39 bits per heavy atom. The number of carbonyl (C=O) groups is 1. The van der Waals surface area contributed by atoms with E-state index in [0.29, 0.717) is 13.0 Å². The van der Waals surface area contributed by atoms with Crippen LogP contribution in [-0.2, 0) is 10.2 Å². The third kappa shape index (κ3) is 5.54. The Morgan fingerprint density at radius 2 is 1.83 bits per heavy atom. The topological polar surface area (TPSA) is 55.6 Å². The number of ether oxygens (including phenoxy) is 1. The van der Waals surface area contributed by atoms with E-state index in [0.717, 1.165) is 38.1 Å². The molecule has 1 heterocycles. The summed E-state index contributed by atoms with van der Waals surface area (Å²) >= 11 is 0. The first kappa shape index (κ1) is 17.8. The maximum absolute atomic E-state index is 12.1. The van der Waals surface area contributed by atoms with Crippen LogP contribution in [0.25, 0.3) is 0 Å². The Balaban J connectivity index is 1.68. The molecule has 2 rings (SSSR count). The fraction of sp³-hybridized carbons (Fsp3) is 0.632. The molecule has 0 bridgehead atoms. The second-order valence-electron chi connectivity index (χ2n) is 7.44. The second-order valence-corrected chi connectivity index (χ2v) is 7.44. The minimum absolute atomic E-state index is 0.155. The van der Waals surface area contributed by atoms with E-state index in [4.69, 9.17) is 10.5 Å². The van der Waals surface area contributed by atoms with Crippen LogP contribution >= 0.6 is 0 Å². The van der Waals surface area contributed by atoms with Gasteiger partial charge < -0.3 is 15.4 Å². The molecule has 128 valence electrons. The molecular formula is C19H30N2O2. The van der Waals surface area contributed by atoms with Gasteiger partial charge in [-0.1, -0.05) is 32.9 Å². The highest BCUT2D eigenvalue weighted by atomic mass is 16.5. The number of piperidine rings is 1. The van der Waals surface area contributed by atoms with E-state index >= 15 is 0 Å². The molecule has 0 atom stereocenters. The molecule has 0 radical (unpaired) electrons. The highest BCUT2D eigenvalue weighted by Gasteiger charge is 2.20. The summed E-state index contributed by atoms with van der Waals surface area (Å²) in [5.74, 6) is 1.10. The maximum atomic E-state index is 12.1. The van der Waals surface area contributed by atoms with Crippen molar-refractivity contribution in [1.82, 2.24) is 4.90 Å². The predicted molar refractivity (Wildman–Crippen MR) is 93.7 cm³/mol. The molecule has 0 saturated carbocycles. The van der Waals surface area contributed by atoms with Crippen LogP contribution in [0.3, 0.4) is 0 Å². The largest absolute Gasteiger partial charge is 0.494 e. The maximum Gasteiger partial charge on any atom is 0.222 e. The summed E-state index contributed by atoms with van der Waals surface area (Å²) in [6, 6.07) is 8.50. The monoisotopic (exact) mass is 318 g/mol. The van der Waals surface area contributed by atoms with Gasteiger partial charge in [0.25, 0.3) is 0 Å².